The first-order valence-corrected chi connectivity index (χ1v) is 8.73. The van der Waals surface area contributed by atoms with Crippen LogP contribution in [-0.2, 0) is 11.0 Å². The summed E-state index contributed by atoms with van der Waals surface area (Å²) in [6.45, 7) is 10.0. The van der Waals surface area contributed by atoms with Gasteiger partial charge in [0.05, 0.1) is 6.61 Å². The Kier molecular flexibility index (Phi) is 4.28. The zero-order chi connectivity index (χ0) is 14.1. The van der Waals surface area contributed by atoms with Crippen LogP contribution >= 0.6 is 0 Å². The molecule has 0 bridgehead atoms. The quantitative estimate of drug-likeness (QED) is 0.578. The van der Waals surface area contributed by atoms with E-state index in [0.717, 1.165) is 6.07 Å². The molecule has 0 aliphatic carbocycles. The van der Waals surface area contributed by atoms with Gasteiger partial charge in [0.25, 0.3) is 0 Å². The molecule has 1 nitrogen and oxygen atoms in total. The summed E-state index contributed by atoms with van der Waals surface area (Å²) in [5.41, 5.74) is -0.0719. The molecule has 0 spiro atoms. The number of halogens is 3. The van der Waals surface area contributed by atoms with E-state index in [2.05, 4.69) is 0 Å². The zero-order valence-corrected chi connectivity index (χ0v) is 12.4. The minimum absolute atomic E-state index is 0.0324. The average molecular weight is 276 g/mol. The van der Waals surface area contributed by atoms with Crippen molar-refractivity contribution in [1.82, 2.24) is 0 Å². The first-order chi connectivity index (χ1) is 8.04. The smallest absolute Gasteiger partial charge is 0.192 e. The molecule has 0 N–H and O–H groups in total. The second-order valence-corrected chi connectivity index (χ2v) is 10.7. The molecule has 102 valence electrons. The van der Waals surface area contributed by atoms with E-state index in [-0.39, 0.29) is 17.2 Å². The molecule has 0 saturated heterocycles. The molecule has 1 aromatic rings. The van der Waals surface area contributed by atoms with Crippen LogP contribution in [0, 0.1) is 17.5 Å². The predicted octanol–water partition coefficient (Wildman–Crippen LogP) is 4.63. The van der Waals surface area contributed by atoms with E-state index in [1.807, 2.05) is 33.9 Å². The third-order valence-corrected chi connectivity index (χ3v) is 7.94. The van der Waals surface area contributed by atoms with Gasteiger partial charge in [-0.2, -0.15) is 0 Å². The van der Waals surface area contributed by atoms with Crippen LogP contribution in [0.15, 0.2) is 12.1 Å². The topological polar surface area (TPSA) is 9.23 Å². The van der Waals surface area contributed by atoms with Crippen molar-refractivity contribution in [3.8, 4) is 0 Å². The van der Waals surface area contributed by atoms with Gasteiger partial charge in [-0.3, -0.25) is 0 Å². The largest absolute Gasteiger partial charge is 0.412 e. The van der Waals surface area contributed by atoms with E-state index in [1.165, 1.54) is 0 Å². The summed E-state index contributed by atoms with van der Waals surface area (Å²) >= 11 is 0. The fourth-order valence-electron chi connectivity index (χ4n) is 1.19. The van der Waals surface area contributed by atoms with Crippen LogP contribution in [0.1, 0.15) is 26.3 Å². The van der Waals surface area contributed by atoms with Crippen molar-refractivity contribution in [3.05, 3.63) is 35.1 Å². The molecule has 0 atom stereocenters. The minimum Gasteiger partial charge on any atom is -0.412 e. The molecule has 18 heavy (non-hydrogen) atoms. The Balaban J connectivity index is 2.88. The molecule has 0 aliphatic heterocycles. The van der Waals surface area contributed by atoms with Crippen molar-refractivity contribution in [2.24, 2.45) is 0 Å². The summed E-state index contributed by atoms with van der Waals surface area (Å²) in [5, 5.41) is -0.0324. The van der Waals surface area contributed by atoms with Crippen molar-refractivity contribution in [3.63, 3.8) is 0 Å². The molecule has 1 rings (SSSR count). The lowest BCUT2D eigenvalue weighted by molar-refractivity contribution is 0.268. The fraction of sp³-hybridized carbons (Fsp3) is 0.538. The molecule has 0 heterocycles. The predicted molar refractivity (Wildman–Crippen MR) is 68.3 cm³/mol. The lowest BCUT2D eigenvalue weighted by Crippen LogP contribution is -2.40. The van der Waals surface area contributed by atoms with Crippen LogP contribution in [0.4, 0.5) is 13.2 Å². The lowest BCUT2D eigenvalue weighted by atomic mass is 10.2. The first-order valence-electron chi connectivity index (χ1n) is 5.82. The normalized spacial score (nSPS) is 12.9. The number of rotatable bonds is 3. The van der Waals surface area contributed by atoms with Gasteiger partial charge < -0.3 is 4.43 Å². The Morgan fingerprint density at radius 3 is 2.17 bits per heavy atom. The molecule has 0 saturated carbocycles. The van der Waals surface area contributed by atoms with Gasteiger partial charge in [-0.25, -0.2) is 13.2 Å². The zero-order valence-electron chi connectivity index (χ0n) is 11.4. The SMILES string of the molecule is CC(C)(C)[Si](C)(C)OCc1cc(F)cc(F)c1F. The molecular formula is C13H19F3OSi. The Morgan fingerprint density at radius 1 is 1.11 bits per heavy atom. The molecule has 0 amide bonds. The van der Waals surface area contributed by atoms with Gasteiger partial charge in [0, 0.05) is 11.6 Å². The molecule has 1 aromatic carbocycles. The van der Waals surface area contributed by atoms with Crippen molar-refractivity contribution < 1.29 is 17.6 Å². The van der Waals surface area contributed by atoms with Gasteiger partial charge in [0.2, 0.25) is 0 Å². The molecule has 0 aromatic heterocycles. The Labute approximate surface area is 107 Å². The van der Waals surface area contributed by atoms with Crippen LogP contribution in [-0.4, -0.2) is 8.32 Å². The van der Waals surface area contributed by atoms with Gasteiger partial charge in [-0.1, -0.05) is 20.8 Å². The molecule has 0 fully saturated rings. The Hall–Kier alpha value is -0.813. The van der Waals surface area contributed by atoms with Gasteiger partial charge in [-0.05, 0) is 24.2 Å². The summed E-state index contributed by atoms with van der Waals surface area (Å²) in [6.07, 6.45) is 0. The molecule has 5 heteroatoms. The van der Waals surface area contributed by atoms with E-state index in [0.29, 0.717) is 6.07 Å². The molecule has 0 aliphatic rings. The Morgan fingerprint density at radius 2 is 1.67 bits per heavy atom. The third kappa shape index (κ3) is 3.35. The first kappa shape index (κ1) is 15.2. The summed E-state index contributed by atoms with van der Waals surface area (Å²) < 4.78 is 45.2. The highest BCUT2D eigenvalue weighted by Gasteiger charge is 2.37. The van der Waals surface area contributed by atoms with Crippen LogP contribution in [0.5, 0.6) is 0 Å². The summed E-state index contributed by atoms with van der Waals surface area (Å²) in [5.74, 6) is -3.00. The minimum atomic E-state index is -2.06. The van der Waals surface area contributed by atoms with E-state index in [9.17, 15) is 13.2 Å². The average Bonchev–Trinajstić information content (AvgIpc) is 2.19. The third-order valence-electron chi connectivity index (χ3n) is 3.46. The summed E-state index contributed by atoms with van der Waals surface area (Å²) in [7, 11) is -2.06. The monoisotopic (exact) mass is 276 g/mol. The van der Waals surface area contributed by atoms with E-state index < -0.39 is 25.8 Å². The number of hydrogen-bond donors (Lipinski definition) is 0. The molecule has 0 unspecified atom stereocenters. The van der Waals surface area contributed by atoms with Gasteiger partial charge in [0.15, 0.2) is 20.0 Å². The van der Waals surface area contributed by atoms with Gasteiger partial charge in [0.1, 0.15) is 5.82 Å². The standard InChI is InChI=1S/C13H19F3OSi/c1-13(2,3)18(4,5)17-8-9-6-10(14)7-11(15)12(9)16/h6-7H,8H2,1-5H3. The molecular weight excluding hydrogens is 257 g/mol. The summed E-state index contributed by atoms with van der Waals surface area (Å²) in [6, 6.07) is 1.51. The Bertz CT molecular complexity index is 439. The second-order valence-electron chi connectivity index (χ2n) is 5.91. The van der Waals surface area contributed by atoms with Crippen LogP contribution < -0.4 is 0 Å². The van der Waals surface area contributed by atoms with Gasteiger partial charge >= 0.3 is 0 Å². The van der Waals surface area contributed by atoms with Crippen LogP contribution in [0.25, 0.3) is 0 Å². The highest BCUT2D eigenvalue weighted by atomic mass is 28.4. The van der Waals surface area contributed by atoms with Crippen molar-refractivity contribution in [1.29, 1.82) is 0 Å². The maximum atomic E-state index is 13.4. The van der Waals surface area contributed by atoms with E-state index in [1.54, 1.807) is 0 Å². The number of hydrogen-bond acceptors (Lipinski definition) is 1. The maximum absolute atomic E-state index is 13.4. The van der Waals surface area contributed by atoms with Gasteiger partial charge in [-0.15, -0.1) is 0 Å². The van der Waals surface area contributed by atoms with Crippen LogP contribution in [0.3, 0.4) is 0 Å². The van der Waals surface area contributed by atoms with Crippen molar-refractivity contribution >= 4 is 8.32 Å². The summed E-state index contributed by atoms with van der Waals surface area (Å²) in [4.78, 5) is 0. The van der Waals surface area contributed by atoms with Crippen molar-refractivity contribution in [2.45, 2.75) is 45.5 Å². The highest BCUT2D eigenvalue weighted by Crippen LogP contribution is 2.37. The number of benzene rings is 1. The fourth-order valence-corrected chi connectivity index (χ4v) is 2.14. The van der Waals surface area contributed by atoms with Crippen molar-refractivity contribution in [2.75, 3.05) is 0 Å². The second kappa shape index (κ2) is 5.05. The van der Waals surface area contributed by atoms with Crippen LogP contribution in [0.2, 0.25) is 18.1 Å². The molecule has 0 radical (unpaired) electrons. The van der Waals surface area contributed by atoms with E-state index in [4.69, 9.17) is 4.43 Å². The maximum Gasteiger partial charge on any atom is 0.192 e. The lowest BCUT2D eigenvalue weighted by Gasteiger charge is -2.36. The highest BCUT2D eigenvalue weighted by molar-refractivity contribution is 6.74. The van der Waals surface area contributed by atoms with E-state index >= 15 is 0 Å².